The van der Waals surface area contributed by atoms with Crippen LogP contribution < -0.4 is 10.5 Å². The minimum absolute atomic E-state index is 0.0327. The Hall–Kier alpha value is -1.85. The van der Waals surface area contributed by atoms with Crippen LogP contribution in [0.3, 0.4) is 0 Å². The smallest absolute Gasteiger partial charge is 0.252 e. The maximum atomic E-state index is 11.7. The molecule has 0 spiro atoms. The second-order valence-electron chi connectivity index (χ2n) is 7.58. The molecule has 0 bridgehead atoms. The van der Waals surface area contributed by atoms with Gasteiger partial charge in [0.2, 0.25) is 0 Å². The third-order valence-corrected chi connectivity index (χ3v) is 5.43. The fourth-order valence-electron chi connectivity index (χ4n) is 3.59. The van der Waals surface area contributed by atoms with Crippen molar-refractivity contribution in [2.45, 2.75) is 32.9 Å². The summed E-state index contributed by atoms with van der Waals surface area (Å²) in [5.41, 5.74) is 7.23. The quantitative estimate of drug-likeness (QED) is 0.793. The molecule has 1 heterocycles. The second kappa shape index (κ2) is 7.80. The van der Waals surface area contributed by atoms with Crippen LogP contribution in [0.15, 0.2) is 53.0 Å². The molecule has 0 radical (unpaired) electrons. The zero-order valence-corrected chi connectivity index (χ0v) is 16.8. The Labute approximate surface area is 163 Å². The van der Waals surface area contributed by atoms with Gasteiger partial charge in [-0.1, -0.05) is 60.1 Å². The van der Waals surface area contributed by atoms with E-state index in [-0.39, 0.29) is 11.5 Å². The van der Waals surface area contributed by atoms with Crippen molar-refractivity contribution in [2.75, 3.05) is 13.1 Å². The van der Waals surface area contributed by atoms with Gasteiger partial charge in [-0.05, 0) is 30.2 Å². The zero-order valence-electron chi connectivity index (χ0n) is 15.2. The fourth-order valence-corrected chi connectivity index (χ4v) is 3.95. The molecule has 1 aliphatic rings. The van der Waals surface area contributed by atoms with E-state index < -0.39 is 5.91 Å². The number of benzene rings is 2. The van der Waals surface area contributed by atoms with Crippen LogP contribution in [-0.4, -0.2) is 30.0 Å². The van der Waals surface area contributed by atoms with Gasteiger partial charge in [0, 0.05) is 29.5 Å². The summed E-state index contributed by atoms with van der Waals surface area (Å²) in [6, 6.07) is 15.9. The number of piperidine rings is 1. The van der Waals surface area contributed by atoms with Gasteiger partial charge in [-0.15, -0.1) is 0 Å². The molecule has 2 aromatic rings. The van der Waals surface area contributed by atoms with Crippen LogP contribution in [0.5, 0.6) is 5.75 Å². The molecule has 0 saturated carbocycles. The van der Waals surface area contributed by atoms with Gasteiger partial charge >= 0.3 is 0 Å². The Morgan fingerprint density at radius 2 is 2.00 bits per heavy atom. The Kier molecular flexibility index (Phi) is 5.68. The lowest BCUT2D eigenvalue weighted by Crippen LogP contribution is -2.50. The third kappa shape index (κ3) is 4.46. The highest BCUT2D eigenvalue weighted by Gasteiger charge is 2.38. The number of hydrogen-bond acceptors (Lipinski definition) is 3. The van der Waals surface area contributed by atoms with Gasteiger partial charge in [0.25, 0.3) is 5.91 Å². The van der Waals surface area contributed by atoms with Crippen LogP contribution in [0, 0.1) is 5.41 Å². The molecule has 1 amide bonds. The summed E-state index contributed by atoms with van der Waals surface area (Å²) in [6.45, 7) is 7.29. The van der Waals surface area contributed by atoms with Crippen LogP contribution >= 0.6 is 15.9 Å². The van der Waals surface area contributed by atoms with Crippen LogP contribution in [0.4, 0.5) is 0 Å². The lowest BCUT2D eigenvalue weighted by Gasteiger charge is -2.44. The van der Waals surface area contributed by atoms with Crippen molar-refractivity contribution in [3.05, 3.63) is 64.1 Å². The number of ether oxygens (including phenoxy) is 1. The van der Waals surface area contributed by atoms with E-state index in [1.807, 2.05) is 18.2 Å². The van der Waals surface area contributed by atoms with E-state index in [2.05, 4.69) is 58.9 Å². The maximum Gasteiger partial charge on any atom is 0.252 e. The lowest BCUT2D eigenvalue weighted by atomic mass is 9.81. The topological polar surface area (TPSA) is 55.6 Å². The van der Waals surface area contributed by atoms with Crippen molar-refractivity contribution in [1.29, 1.82) is 0 Å². The molecule has 1 aliphatic heterocycles. The molecule has 26 heavy (non-hydrogen) atoms. The number of halogens is 1. The maximum absolute atomic E-state index is 11.7. The second-order valence-corrected chi connectivity index (χ2v) is 8.50. The van der Waals surface area contributed by atoms with E-state index in [1.165, 1.54) is 5.56 Å². The minimum atomic E-state index is -0.472. The lowest BCUT2D eigenvalue weighted by molar-refractivity contribution is -0.0116. The molecular weight excluding hydrogens is 392 g/mol. The van der Waals surface area contributed by atoms with Crippen molar-refractivity contribution in [1.82, 2.24) is 4.90 Å². The number of amides is 1. The first-order chi connectivity index (χ1) is 12.3. The Morgan fingerprint density at radius 3 is 2.65 bits per heavy atom. The van der Waals surface area contributed by atoms with Gasteiger partial charge in [-0.25, -0.2) is 0 Å². The van der Waals surface area contributed by atoms with Gasteiger partial charge in [0.05, 0.1) is 5.56 Å². The summed E-state index contributed by atoms with van der Waals surface area (Å²) < 4.78 is 7.08. The molecule has 1 atom stereocenters. The summed E-state index contributed by atoms with van der Waals surface area (Å²) in [7, 11) is 0. The Balaban J connectivity index is 1.70. The zero-order chi connectivity index (χ0) is 18.7. The molecule has 3 rings (SSSR count). The first kappa shape index (κ1) is 18.9. The molecule has 0 aliphatic carbocycles. The normalized spacial score (nSPS) is 19.9. The van der Waals surface area contributed by atoms with Crippen molar-refractivity contribution in [3.8, 4) is 5.75 Å². The standard InChI is InChI=1S/C21H25BrN2O2/c1-21(2)14-24(13-15-6-4-3-5-7-15)11-10-19(21)26-18-9-8-16(22)12-17(18)20(23)25/h3-9,12,19H,10-11,13-14H2,1-2H3,(H2,23,25)/t19-/m1/s1. The number of carbonyl (C=O) groups is 1. The summed E-state index contributed by atoms with van der Waals surface area (Å²) in [5.74, 6) is 0.0934. The third-order valence-electron chi connectivity index (χ3n) is 4.94. The summed E-state index contributed by atoms with van der Waals surface area (Å²) in [4.78, 5) is 14.2. The van der Waals surface area contributed by atoms with E-state index in [4.69, 9.17) is 10.5 Å². The number of hydrogen-bond donors (Lipinski definition) is 1. The van der Waals surface area contributed by atoms with Crippen molar-refractivity contribution >= 4 is 21.8 Å². The molecule has 2 aromatic carbocycles. The minimum Gasteiger partial charge on any atom is -0.489 e. The number of nitrogens with zero attached hydrogens (tertiary/aromatic N) is 1. The Bertz CT molecular complexity index is 777. The molecule has 5 heteroatoms. The first-order valence-electron chi connectivity index (χ1n) is 8.87. The van der Waals surface area contributed by atoms with Crippen LogP contribution in [0.1, 0.15) is 36.2 Å². The average Bonchev–Trinajstić information content (AvgIpc) is 2.59. The summed E-state index contributed by atoms with van der Waals surface area (Å²) >= 11 is 3.38. The molecule has 138 valence electrons. The van der Waals surface area contributed by atoms with E-state index in [0.29, 0.717) is 11.3 Å². The Morgan fingerprint density at radius 1 is 1.27 bits per heavy atom. The van der Waals surface area contributed by atoms with E-state index in [9.17, 15) is 4.79 Å². The van der Waals surface area contributed by atoms with E-state index in [0.717, 1.165) is 30.5 Å². The van der Waals surface area contributed by atoms with Crippen molar-refractivity contribution in [2.24, 2.45) is 11.1 Å². The summed E-state index contributed by atoms with van der Waals surface area (Å²) in [6.07, 6.45) is 0.947. The average molecular weight is 417 g/mol. The fraction of sp³-hybridized carbons (Fsp3) is 0.381. The number of rotatable bonds is 5. The van der Waals surface area contributed by atoms with Crippen molar-refractivity contribution < 1.29 is 9.53 Å². The largest absolute Gasteiger partial charge is 0.489 e. The highest BCUT2D eigenvalue weighted by atomic mass is 79.9. The van der Waals surface area contributed by atoms with Crippen LogP contribution in [0.2, 0.25) is 0 Å². The predicted octanol–water partition coefficient (Wildman–Crippen LogP) is 4.23. The van der Waals surface area contributed by atoms with Gasteiger partial charge in [0.1, 0.15) is 11.9 Å². The highest BCUT2D eigenvalue weighted by Crippen LogP contribution is 2.35. The molecule has 0 unspecified atom stereocenters. The van der Waals surface area contributed by atoms with Gasteiger partial charge < -0.3 is 10.5 Å². The molecule has 1 fully saturated rings. The van der Waals surface area contributed by atoms with Crippen molar-refractivity contribution in [3.63, 3.8) is 0 Å². The highest BCUT2D eigenvalue weighted by molar-refractivity contribution is 9.10. The monoisotopic (exact) mass is 416 g/mol. The van der Waals surface area contributed by atoms with E-state index in [1.54, 1.807) is 6.07 Å². The van der Waals surface area contributed by atoms with Gasteiger partial charge in [0.15, 0.2) is 0 Å². The molecular formula is C21H25BrN2O2. The molecule has 0 aromatic heterocycles. The molecule has 2 N–H and O–H groups in total. The summed E-state index contributed by atoms with van der Waals surface area (Å²) in [5, 5.41) is 0. The number of primary amides is 1. The van der Waals surface area contributed by atoms with E-state index >= 15 is 0 Å². The predicted molar refractivity (Wildman–Crippen MR) is 107 cm³/mol. The molecule has 4 nitrogen and oxygen atoms in total. The van der Waals surface area contributed by atoms with Gasteiger partial charge in [-0.3, -0.25) is 9.69 Å². The first-order valence-corrected chi connectivity index (χ1v) is 9.67. The van der Waals surface area contributed by atoms with Crippen LogP contribution in [0.25, 0.3) is 0 Å². The number of carbonyl (C=O) groups excluding carboxylic acids is 1. The molecule has 1 saturated heterocycles. The SMILES string of the molecule is CC1(C)CN(Cc2ccccc2)CC[C@H]1Oc1ccc(Br)cc1C(N)=O. The number of nitrogens with two attached hydrogens (primary N) is 1. The number of likely N-dealkylation sites (tertiary alicyclic amines) is 1. The van der Waals surface area contributed by atoms with Crippen LogP contribution in [-0.2, 0) is 6.54 Å². The van der Waals surface area contributed by atoms with Gasteiger partial charge in [-0.2, -0.15) is 0 Å².